The molecule has 2 heteroatoms. The molecule has 2 nitrogen and oxygen atoms in total. The fourth-order valence-electron chi connectivity index (χ4n) is 2.98. The van der Waals surface area contributed by atoms with Crippen LogP contribution in [0.1, 0.15) is 139 Å². The monoisotopic (exact) mass is 449 g/mol. The van der Waals surface area contributed by atoms with Crippen molar-refractivity contribution in [1.82, 2.24) is 0 Å². The highest BCUT2D eigenvalue weighted by Gasteiger charge is 2.09. The van der Waals surface area contributed by atoms with E-state index in [4.69, 9.17) is 10.1 Å². The Balaban J connectivity index is -0.000000412. The van der Waals surface area contributed by atoms with Crippen LogP contribution in [0.5, 0.6) is 0 Å². The van der Waals surface area contributed by atoms with Crippen molar-refractivity contribution in [2.45, 2.75) is 145 Å². The second-order valence-corrected chi connectivity index (χ2v) is 8.82. The van der Waals surface area contributed by atoms with Crippen molar-refractivity contribution in [2.75, 3.05) is 0 Å². The molecule has 0 spiro atoms. The van der Waals surface area contributed by atoms with E-state index >= 15 is 0 Å². The second-order valence-electron chi connectivity index (χ2n) is 8.82. The molecule has 0 aliphatic rings. The molecular weight excluding hydrogens is 390 g/mol. The van der Waals surface area contributed by atoms with E-state index in [9.17, 15) is 0 Å². The minimum Gasteiger partial charge on any atom is -0.478 e. The van der Waals surface area contributed by atoms with E-state index in [0.29, 0.717) is 11.8 Å². The first-order valence-electron chi connectivity index (χ1n) is 13.6. The van der Waals surface area contributed by atoms with Crippen molar-refractivity contribution in [3.05, 3.63) is 36.5 Å². The summed E-state index contributed by atoms with van der Waals surface area (Å²) in [6, 6.07) is 0. The Morgan fingerprint density at radius 2 is 1.44 bits per heavy atom. The first kappa shape index (κ1) is 35.3. The summed E-state index contributed by atoms with van der Waals surface area (Å²) in [4.78, 5) is 0. The molecule has 0 saturated carbocycles. The molecule has 0 saturated heterocycles. The van der Waals surface area contributed by atoms with Gasteiger partial charge in [-0.05, 0) is 44.1 Å². The zero-order valence-corrected chi connectivity index (χ0v) is 23.3. The van der Waals surface area contributed by atoms with E-state index in [1.807, 2.05) is 6.08 Å². The number of nitrogens with one attached hydrogen (secondary N) is 1. The number of rotatable bonds is 16. The van der Waals surface area contributed by atoms with Gasteiger partial charge in [0.15, 0.2) is 5.90 Å². The first-order valence-corrected chi connectivity index (χ1v) is 13.6. The molecule has 0 bridgehead atoms. The van der Waals surface area contributed by atoms with Gasteiger partial charge in [-0.15, -0.1) is 0 Å². The molecule has 0 rings (SSSR count). The molecule has 0 aliphatic carbocycles. The van der Waals surface area contributed by atoms with Crippen LogP contribution >= 0.6 is 0 Å². The predicted octanol–water partition coefficient (Wildman–Crippen LogP) is 10.8. The Morgan fingerprint density at radius 1 is 0.844 bits per heavy atom. The quantitative estimate of drug-likeness (QED) is 0.108. The van der Waals surface area contributed by atoms with E-state index in [0.717, 1.165) is 25.7 Å². The van der Waals surface area contributed by atoms with Crippen molar-refractivity contribution >= 4 is 5.90 Å². The third kappa shape index (κ3) is 30.9. The topological polar surface area (TPSA) is 33.1 Å². The zero-order chi connectivity index (χ0) is 25.0. The van der Waals surface area contributed by atoms with E-state index in [1.54, 1.807) is 0 Å². The number of hydrogen-bond donors (Lipinski definition) is 1. The van der Waals surface area contributed by atoms with Gasteiger partial charge in [0.1, 0.15) is 0 Å². The maximum atomic E-state index is 7.50. The lowest BCUT2D eigenvalue weighted by Gasteiger charge is -2.17. The largest absolute Gasteiger partial charge is 0.478 e. The summed E-state index contributed by atoms with van der Waals surface area (Å²) in [7, 11) is 0. The molecule has 1 N–H and O–H groups in total. The Labute approximate surface area is 203 Å². The maximum absolute atomic E-state index is 7.50. The van der Waals surface area contributed by atoms with Gasteiger partial charge < -0.3 is 4.74 Å². The molecule has 0 heterocycles. The molecule has 2 atom stereocenters. The lowest BCUT2D eigenvalue weighted by Crippen LogP contribution is -2.16. The number of unbranched alkanes of at least 4 members (excludes halogenated alkanes) is 5. The average molecular weight is 450 g/mol. The van der Waals surface area contributed by atoms with Crippen molar-refractivity contribution < 1.29 is 4.74 Å². The Kier molecular flexibility index (Phi) is 32.7. The fraction of sp³-hybridized carbons (Fsp3) is 0.767. The molecule has 0 radical (unpaired) electrons. The highest BCUT2D eigenvalue weighted by Crippen LogP contribution is 2.12. The van der Waals surface area contributed by atoms with E-state index in [2.05, 4.69) is 80.2 Å². The minimum absolute atomic E-state index is 0.203. The summed E-state index contributed by atoms with van der Waals surface area (Å²) in [5.74, 6) is 1.14. The summed E-state index contributed by atoms with van der Waals surface area (Å²) >= 11 is 0. The first-order chi connectivity index (χ1) is 15.4. The van der Waals surface area contributed by atoms with Crippen LogP contribution in [0.15, 0.2) is 36.5 Å². The number of hydrogen-bond acceptors (Lipinski definition) is 2. The fourth-order valence-corrected chi connectivity index (χ4v) is 2.98. The van der Waals surface area contributed by atoms with Gasteiger partial charge in [-0.3, -0.25) is 5.41 Å². The van der Waals surface area contributed by atoms with Gasteiger partial charge in [-0.1, -0.05) is 131 Å². The SMILES string of the molecule is C=C/C(=C\C=C/CCC)CCC.CCCC(=N)OC(C)CC(C)CC.CCCCCCC. The van der Waals surface area contributed by atoms with Crippen LogP contribution in [-0.4, -0.2) is 12.0 Å². The Hall–Kier alpha value is -1.31. The third-order valence-corrected chi connectivity index (χ3v) is 5.16. The van der Waals surface area contributed by atoms with E-state index in [1.165, 1.54) is 63.4 Å². The van der Waals surface area contributed by atoms with Gasteiger partial charge in [0, 0.05) is 6.42 Å². The van der Waals surface area contributed by atoms with Crippen molar-refractivity contribution in [1.29, 1.82) is 5.41 Å². The molecule has 190 valence electrons. The number of allylic oxidation sites excluding steroid dienone is 5. The van der Waals surface area contributed by atoms with Crippen molar-refractivity contribution in [3.63, 3.8) is 0 Å². The van der Waals surface area contributed by atoms with Crippen molar-refractivity contribution in [2.24, 2.45) is 5.92 Å². The summed E-state index contributed by atoms with van der Waals surface area (Å²) in [5, 5.41) is 7.50. The standard InChI is InChI=1S/C12H20.C11H23NO.C7H16/c1-4-7-8-9-11-12(6-3)10-5-2;1-5-7-11(12)13-10(4)8-9(3)6-2;1-3-5-7-6-4-2/h6,8-9,11H,3-5,7,10H2,1-2H3;9-10,12H,5-8H2,1-4H3;3-7H2,1-2H3/b9-8-,12-11+;;. The van der Waals surface area contributed by atoms with Gasteiger partial charge in [-0.25, -0.2) is 0 Å². The molecule has 0 aromatic heterocycles. The lowest BCUT2D eigenvalue weighted by molar-refractivity contribution is 0.168. The van der Waals surface area contributed by atoms with Crippen LogP contribution in [0.3, 0.4) is 0 Å². The molecular formula is C30H59NO. The van der Waals surface area contributed by atoms with E-state index in [-0.39, 0.29) is 6.10 Å². The summed E-state index contributed by atoms with van der Waals surface area (Å²) < 4.78 is 5.45. The summed E-state index contributed by atoms with van der Waals surface area (Å²) in [6.07, 6.45) is 24.4. The van der Waals surface area contributed by atoms with Crippen LogP contribution in [0.4, 0.5) is 0 Å². The van der Waals surface area contributed by atoms with Crippen molar-refractivity contribution in [3.8, 4) is 0 Å². The molecule has 0 aromatic carbocycles. The molecule has 2 unspecified atom stereocenters. The van der Waals surface area contributed by atoms with Crippen LogP contribution in [-0.2, 0) is 4.74 Å². The van der Waals surface area contributed by atoms with Gasteiger partial charge in [-0.2, -0.15) is 0 Å². The highest BCUT2D eigenvalue weighted by atomic mass is 16.5. The molecule has 0 aromatic rings. The van der Waals surface area contributed by atoms with Crippen LogP contribution in [0.2, 0.25) is 0 Å². The van der Waals surface area contributed by atoms with E-state index < -0.39 is 0 Å². The van der Waals surface area contributed by atoms with Crippen LogP contribution < -0.4 is 0 Å². The van der Waals surface area contributed by atoms with Gasteiger partial charge >= 0.3 is 0 Å². The highest BCUT2D eigenvalue weighted by molar-refractivity contribution is 5.72. The van der Waals surface area contributed by atoms with Gasteiger partial charge in [0.25, 0.3) is 0 Å². The second kappa shape index (κ2) is 29.7. The molecule has 0 aliphatic heterocycles. The maximum Gasteiger partial charge on any atom is 0.180 e. The molecule has 0 amide bonds. The van der Waals surface area contributed by atoms with Crippen LogP contribution in [0.25, 0.3) is 0 Å². The minimum atomic E-state index is 0.203. The third-order valence-electron chi connectivity index (χ3n) is 5.16. The zero-order valence-electron chi connectivity index (χ0n) is 23.3. The van der Waals surface area contributed by atoms with Crippen LogP contribution in [0, 0.1) is 11.3 Å². The Morgan fingerprint density at radius 3 is 1.88 bits per heavy atom. The Bertz CT molecular complexity index is 446. The lowest BCUT2D eigenvalue weighted by atomic mass is 10.0. The average Bonchev–Trinajstić information content (AvgIpc) is 2.77. The number of ether oxygens (including phenoxy) is 1. The normalized spacial score (nSPS) is 12.8. The summed E-state index contributed by atoms with van der Waals surface area (Å²) in [5.41, 5.74) is 1.34. The predicted molar refractivity (Wildman–Crippen MR) is 149 cm³/mol. The smallest absolute Gasteiger partial charge is 0.180 e. The van der Waals surface area contributed by atoms with Gasteiger partial charge in [0.05, 0.1) is 6.10 Å². The summed E-state index contributed by atoms with van der Waals surface area (Å²) in [6.45, 7) is 21.2. The van der Waals surface area contributed by atoms with Gasteiger partial charge in [0.2, 0.25) is 0 Å². The molecule has 0 fully saturated rings. The molecule has 32 heavy (non-hydrogen) atoms.